The topological polar surface area (TPSA) is 26.0 Å². The van der Waals surface area contributed by atoms with E-state index in [-0.39, 0.29) is 24.0 Å². The highest BCUT2D eigenvalue weighted by Gasteiger charge is 1.91. The lowest BCUT2D eigenvalue weighted by Gasteiger charge is -2.01. The van der Waals surface area contributed by atoms with Gasteiger partial charge in [-0.1, -0.05) is 71.1 Å². The maximum absolute atomic E-state index is 5.44. The molecular weight excluding hydrogens is 297 g/mol. The molecule has 0 aliphatic rings. The molecule has 2 N–H and O–H groups in total. The third kappa shape index (κ3) is 17.3. The molecule has 0 atom stereocenters. The number of hydrogen-bond acceptors (Lipinski definition) is 1. The van der Waals surface area contributed by atoms with Crippen LogP contribution in [0, 0.1) is 0 Å². The van der Waals surface area contributed by atoms with Crippen molar-refractivity contribution in [1.82, 2.24) is 0 Å². The van der Waals surface area contributed by atoms with E-state index in [9.17, 15) is 0 Å². The van der Waals surface area contributed by atoms with E-state index in [0.29, 0.717) is 0 Å². The maximum Gasteiger partial charge on any atom is -0.00773 e. The summed E-state index contributed by atoms with van der Waals surface area (Å²) in [7, 11) is 0. The Morgan fingerprint density at radius 1 is 0.600 bits per heavy atom. The predicted octanol–water partition coefficient (Wildman–Crippen LogP) is 4.87. The molecule has 1 nitrogen and oxygen atoms in total. The van der Waals surface area contributed by atoms with Crippen molar-refractivity contribution in [2.24, 2.45) is 5.73 Å². The van der Waals surface area contributed by atoms with Crippen LogP contribution < -0.4 is 5.73 Å². The molecule has 0 amide bonds. The van der Waals surface area contributed by atoms with Gasteiger partial charge in [-0.2, -0.15) is 0 Å². The lowest BCUT2D eigenvalue weighted by Crippen LogP contribution is -1.97. The molecule has 94 valence electrons. The number of unbranched alkanes of at least 4 members (excludes halogenated alkanes) is 10. The van der Waals surface area contributed by atoms with E-state index in [2.05, 4.69) is 6.92 Å². The average molecular weight is 327 g/mol. The monoisotopic (exact) mass is 327 g/mol. The first-order valence-electron chi connectivity index (χ1n) is 6.62. The van der Waals surface area contributed by atoms with Crippen molar-refractivity contribution >= 4 is 24.0 Å². The zero-order valence-corrected chi connectivity index (χ0v) is 12.8. The van der Waals surface area contributed by atoms with Gasteiger partial charge in [-0.05, 0) is 13.0 Å². The van der Waals surface area contributed by atoms with Crippen molar-refractivity contribution in [3.8, 4) is 0 Å². The quantitative estimate of drug-likeness (QED) is 0.425. The van der Waals surface area contributed by atoms with Crippen LogP contribution in [-0.2, 0) is 0 Å². The Hall–Kier alpha value is 0.690. The number of halogens is 1. The van der Waals surface area contributed by atoms with E-state index in [4.69, 9.17) is 5.73 Å². The fraction of sp³-hybridized carbons (Fsp3) is 1.00. The van der Waals surface area contributed by atoms with Gasteiger partial charge in [-0.3, -0.25) is 0 Å². The van der Waals surface area contributed by atoms with Crippen molar-refractivity contribution < 1.29 is 0 Å². The van der Waals surface area contributed by atoms with Gasteiger partial charge in [-0.15, -0.1) is 24.0 Å². The van der Waals surface area contributed by atoms with Crippen LogP contribution in [0.25, 0.3) is 0 Å². The molecule has 0 aromatic heterocycles. The van der Waals surface area contributed by atoms with E-state index < -0.39 is 0 Å². The molecule has 0 bridgehead atoms. The van der Waals surface area contributed by atoms with Crippen molar-refractivity contribution in [3.63, 3.8) is 0 Å². The van der Waals surface area contributed by atoms with Crippen LogP contribution >= 0.6 is 24.0 Å². The summed E-state index contributed by atoms with van der Waals surface area (Å²) in [6, 6.07) is 0. The van der Waals surface area contributed by atoms with Crippen LogP contribution in [0.2, 0.25) is 0 Å². The molecule has 0 saturated heterocycles. The summed E-state index contributed by atoms with van der Waals surface area (Å²) in [6.45, 7) is 3.15. The Balaban J connectivity index is 0. The van der Waals surface area contributed by atoms with Crippen LogP contribution in [-0.4, -0.2) is 6.54 Å². The van der Waals surface area contributed by atoms with E-state index in [0.717, 1.165) is 6.54 Å². The first-order chi connectivity index (χ1) is 6.91. The predicted molar refractivity (Wildman–Crippen MR) is 80.9 cm³/mol. The minimum Gasteiger partial charge on any atom is -0.330 e. The van der Waals surface area contributed by atoms with E-state index >= 15 is 0 Å². The summed E-state index contributed by atoms with van der Waals surface area (Å²) < 4.78 is 0. The van der Waals surface area contributed by atoms with Gasteiger partial charge in [0.25, 0.3) is 0 Å². The maximum atomic E-state index is 5.44. The van der Waals surface area contributed by atoms with Crippen molar-refractivity contribution in [2.45, 2.75) is 77.6 Å². The number of hydrogen-bond donors (Lipinski definition) is 1. The lowest BCUT2D eigenvalue weighted by molar-refractivity contribution is 0.551. The second kappa shape index (κ2) is 17.1. The molecule has 0 rings (SSSR count). The largest absolute Gasteiger partial charge is 0.330 e. The molecule has 0 radical (unpaired) electrons. The van der Waals surface area contributed by atoms with Gasteiger partial charge in [-0.25, -0.2) is 0 Å². The number of rotatable bonds is 11. The smallest absolute Gasteiger partial charge is 0.00773 e. The Bertz CT molecular complexity index is 84.5. The van der Waals surface area contributed by atoms with Gasteiger partial charge < -0.3 is 5.73 Å². The first-order valence-corrected chi connectivity index (χ1v) is 6.62. The van der Waals surface area contributed by atoms with Crippen LogP contribution in [0.3, 0.4) is 0 Å². The zero-order valence-electron chi connectivity index (χ0n) is 10.5. The van der Waals surface area contributed by atoms with Gasteiger partial charge in [0.1, 0.15) is 0 Å². The average Bonchev–Trinajstić information content (AvgIpc) is 2.21. The minimum absolute atomic E-state index is 0. The molecule has 0 unspecified atom stereocenters. The lowest BCUT2D eigenvalue weighted by atomic mass is 10.1. The normalized spacial score (nSPS) is 10.0. The fourth-order valence-electron chi connectivity index (χ4n) is 1.81. The summed E-state index contributed by atoms with van der Waals surface area (Å²) >= 11 is 0. The standard InChI is InChI=1S/C13H29N.HI/c1-2-3-4-5-6-7-8-9-10-11-12-13-14;/h2-14H2,1H3;1H. The highest BCUT2D eigenvalue weighted by atomic mass is 127. The molecular formula is C13H30IN. The molecule has 0 aromatic carbocycles. The Kier molecular flexibility index (Phi) is 20.6. The van der Waals surface area contributed by atoms with E-state index in [1.165, 1.54) is 70.6 Å². The molecule has 0 heterocycles. The molecule has 2 heteroatoms. The second-order valence-corrected chi connectivity index (χ2v) is 4.32. The van der Waals surface area contributed by atoms with Crippen LogP contribution in [0.1, 0.15) is 77.6 Å². The number of nitrogens with two attached hydrogens (primary N) is 1. The summed E-state index contributed by atoms with van der Waals surface area (Å²) in [5, 5.41) is 0. The van der Waals surface area contributed by atoms with Gasteiger partial charge in [0.05, 0.1) is 0 Å². The Morgan fingerprint density at radius 2 is 0.933 bits per heavy atom. The summed E-state index contributed by atoms with van der Waals surface area (Å²) in [5.74, 6) is 0. The molecule has 0 aromatic rings. The molecule has 0 fully saturated rings. The molecule has 0 aliphatic heterocycles. The summed E-state index contributed by atoms with van der Waals surface area (Å²) in [5.41, 5.74) is 5.44. The van der Waals surface area contributed by atoms with Crippen molar-refractivity contribution in [1.29, 1.82) is 0 Å². The molecule has 0 spiro atoms. The Labute approximate surface area is 114 Å². The van der Waals surface area contributed by atoms with Gasteiger partial charge >= 0.3 is 0 Å². The summed E-state index contributed by atoms with van der Waals surface area (Å²) in [4.78, 5) is 0. The highest BCUT2D eigenvalue weighted by Crippen LogP contribution is 2.10. The Morgan fingerprint density at radius 3 is 1.27 bits per heavy atom. The molecule has 0 saturated carbocycles. The van der Waals surface area contributed by atoms with Gasteiger partial charge in [0.2, 0.25) is 0 Å². The van der Waals surface area contributed by atoms with Crippen LogP contribution in [0.15, 0.2) is 0 Å². The molecule has 15 heavy (non-hydrogen) atoms. The van der Waals surface area contributed by atoms with Crippen LogP contribution in [0.5, 0.6) is 0 Å². The fourth-order valence-corrected chi connectivity index (χ4v) is 1.81. The van der Waals surface area contributed by atoms with E-state index in [1.807, 2.05) is 0 Å². The first kappa shape index (κ1) is 18.1. The van der Waals surface area contributed by atoms with E-state index in [1.54, 1.807) is 0 Å². The highest BCUT2D eigenvalue weighted by molar-refractivity contribution is 14.0. The van der Waals surface area contributed by atoms with Crippen molar-refractivity contribution in [3.05, 3.63) is 0 Å². The van der Waals surface area contributed by atoms with Gasteiger partial charge in [0, 0.05) is 0 Å². The second-order valence-electron chi connectivity index (χ2n) is 4.32. The third-order valence-electron chi connectivity index (χ3n) is 2.81. The van der Waals surface area contributed by atoms with Crippen molar-refractivity contribution in [2.75, 3.05) is 6.54 Å². The SMILES string of the molecule is CCCCCCCCCCCCCN.I. The minimum atomic E-state index is 0. The van der Waals surface area contributed by atoms with Gasteiger partial charge in [0.15, 0.2) is 0 Å². The summed E-state index contributed by atoms with van der Waals surface area (Å²) in [6.07, 6.45) is 15.4. The third-order valence-corrected chi connectivity index (χ3v) is 2.81. The molecule has 0 aliphatic carbocycles. The zero-order chi connectivity index (χ0) is 10.5. The van der Waals surface area contributed by atoms with Crippen LogP contribution in [0.4, 0.5) is 0 Å².